The van der Waals surface area contributed by atoms with Crippen molar-refractivity contribution in [2.45, 2.75) is 6.92 Å². The van der Waals surface area contributed by atoms with Crippen LogP contribution in [0.2, 0.25) is 0 Å². The van der Waals surface area contributed by atoms with E-state index in [-0.39, 0.29) is 11.7 Å². The Kier molecular flexibility index (Phi) is 2.37. The summed E-state index contributed by atoms with van der Waals surface area (Å²) in [6, 6.07) is 9.47. The predicted octanol–water partition coefficient (Wildman–Crippen LogP) is 2.49. The van der Waals surface area contributed by atoms with Crippen LogP contribution in [0.3, 0.4) is 0 Å². The van der Waals surface area contributed by atoms with Gasteiger partial charge in [0.25, 0.3) is 5.89 Å². The number of nitrogens with zero attached hydrogens (tertiary/aromatic N) is 3. The second-order valence-corrected chi connectivity index (χ2v) is 3.89. The molecule has 5 nitrogen and oxygen atoms in total. The summed E-state index contributed by atoms with van der Waals surface area (Å²) in [7, 11) is 0. The van der Waals surface area contributed by atoms with Gasteiger partial charge in [-0.1, -0.05) is 11.2 Å². The molecule has 0 aliphatic carbocycles. The number of hydrogen-bond acceptors (Lipinski definition) is 5. The molecule has 0 radical (unpaired) electrons. The molecule has 0 fully saturated rings. The number of ketones is 1. The number of carbonyl (C=O) groups is 1. The molecule has 0 bridgehead atoms. The van der Waals surface area contributed by atoms with Gasteiger partial charge >= 0.3 is 0 Å². The van der Waals surface area contributed by atoms with E-state index >= 15 is 0 Å². The highest BCUT2D eigenvalue weighted by Crippen LogP contribution is 2.21. The van der Waals surface area contributed by atoms with E-state index in [1.807, 2.05) is 30.3 Å². The van der Waals surface area contributed by atoms with Gasteiger partial charge in [0.2, 0.25) is 11.6 Å². The fourth-order valence-corrected chi connectivity index (χ4v) is 1.70. The zero-order chi connectivity index (χ0) is 12.5. The molecular formula is C13H9N3O2. The van der Waals surface area contributed by atoms with Crippen LogP contribution in [-0.2, 0) is 0 Å². The van der Waals surface area contributed by atoms with Crippen molar-refractivity contribution in [3.63, 3.8) is 0 Å². The van der Waals surface area contributed by atoms with E-state index in [1.54, 1.807) is 6.20 Å². The van der Waals surface area contributed by atoms with Crippen LogP contribution in [0.15, 0.2) is 41.1 Å². The van der Waals surface area contributed by atoms with Crippen molar-refractivity contribution in [2.75, 3.05) is 0 Å². The van der Waals surface area contributed by atoms with E-state index < -0.39 is 0 Å². The van der Waals surface area contributed by atoms with Gasteiger partial charge in [0.1, 0.15) is 0 Å². The van der Waals surface area contributed by atoms with Crippen molar-refractivity contribution in [3.8, 4) is 11.4 Å². The molecule has 2 aromatic heterocycles. The number of fused-ring (bicyclic) bond motifs is 1. The van der Waals surface area contributed by atoms with Crippen LogP contribution >= 0.6 is 0 Å². The van der Waals surface area contributed by atoms with E-state index in [0.29, 0.717) is 5.82 Å². The molecule has 0 atom stereocenters. The Bertz CT molecular complexity index is 734. The van der Waals surface area contributed by atoms with E-state index in [2.05, 4.69) is 15.1 Å². The Morgan fingerprint density at radius 1 is 1.28 bits per heavy atom. The largest absolute Gasteiger partial charge is 0.330 e. The number of aromatic nitrogens is 3. The van der Waals surface area contributed by atoms with Crippen molar-refractivity contribution in [1.29, 1.82) is 0 Å². The molecule has 0 unspecified atom stereocenters. The summed E-state index contributed by atoms with van der Waals surface area (Å²) >= 11 is 0. The molecule has 0 aliphatic heterocycles. The van der Waals surface area contributed by atoms with Crippen LogP contribution in [0.1, 0.15) is 17.6 Å². The standard InChI is InChI=1S/C13H9N3O2/c1-8(17)13-15-12(16-18-13)10-4-5-11-9(7-10)3-2-6-14-11/h2-7H,1H3. The lowest BCUT2D eigenvalue weighted by Crippen LogP contribution is -1.91. The first-order valence-corrected chi connectivity index (χ1v) is 5.44. The van der Waals surface area contributed by atoms with Gasteiger partial charge in [0, 0.05) is 24.1 Å². The van der Waals surface area contributed by atoms with Crippen LogP contribution in [-0.4, -0.2) is 20.9 Å². The lowest BCUT2D eigenvalue weighted by molar-refractivity contribution is 0.0972. The first kappa shape index (κ1) is 10.6. The molecule has 0 spiro atoms. The van der Waals surface area contributed by atoms with Gasteiger partial charge in [-0.3, -0.25) is 9.78 Å². The fourth-order valence-electron chi connectivity index (χ4n) is 1.70. The van der Waals surface area contributed by atoms with Gasteiger partial charge in [-0.25, -0.2) is 0 Å². The Labute approximate surface area is 102 Å². The number of rotatable bonds is 2. The number of carbonyl (C=O) groups excluding carboxylic acids is 1. The first-order valence-electron chi connectivity index (χ1n) is 5.44. The molecule has 0 aliphatic rings. The van der Waals surface area contributed by atoms with Gasteiger partial charge in [0.15, 0.2) is 0 Å². The van der Waals surface area contributed by atoms with Crippen molar-refractivity contribution in [1.82, 2.24) is 15.1 Å². The normalized spacial score (nSPS) is 10.7. The smallest absolute Gasteiger partial charge is 0.294 e. The maximum absolute atomic E-state index is 11.1. The molecule has 0 amide bonds. The van der Waals surface area contributed by atoms with Crippen molar-refractivity contribution < 1.29 is 9.32 Å². The summed E-state index contributed by atoms with van der Waals surface area (Å²) in [5.41, 5.74) is 1.70. The average molecular weight is 239 g/mol. The summed E-state index contributed by atoms with van der Waals surface area (Å²) < 4.78 is 4.87. The van der Waals surface area contributed by atoms with Gasteiger partial charge < -0.3 is 4.52 Å². The van der Waals surface area contributed by atoms with Crippen LogP contribution < -0.4 is 0 Å². The summed E-state index contributed by atoms with van der Waals surface area (Å²) in [5.74, 6) is 0.193. The number of hydrogen-bond donors (Lipinski definition) is 0. The SMILES string of the molecule is CC(=O)c1nc(-c2ccc3ncccc3c2)no1. The maximum Gasteiger partial charge on any atom is 0.294 e. The Morgan fingerprint density at radius 2 is 2.17 bits per heavy atom. The molecule has 0 saturated carbocycles. The summed E-state index contributed by atoms with van der Waals surface area (Å²) in [6.45, 7) is 1.39. The van der Waals surface area contributed by atoms with E-state index in [1.165, 1.54) is 6.92 Å². The summed E-state index contributed by atoms with van der Waals surface area (Å²) in [6.07, 6.45) is 1.74. The van der Waals surface area contributed by atoms with Crippen LogP contribution in [0.5, 0.6) is 0 Å². The zero-order valence-electron chi connectivity index (χ0n) is 9.62. The fraction of sp³-hybridized carbons (Fsp3) is 0.0769. The first-order chi connectivity index (χ1) is 8.74. The van der Waals surface area contributed by atoms with Gasteiger partial charge in [-0.2, -0.15) is 4.98 Å². The van der Waals surface area contributed by atoms with Gasteiger partial charge in [-0.05, 0) is 24.3 Å². The molecule has 0 saturated heterocycles. The highest BCUT2D eigenvalue weighted by Gasteiger charge is 2.12. The lowest BCUT2D eigenvalue weighted by atomic mass is 10.1. The van der Waals surface area contributed by atoms with E-state index in [9.17, 15) is 4.79 Å². The molecular weight excluding hydrogens is 230 g/mol. The van der Waals surface area contributed by atoms with Gasteiger partial charge in [-0.15, -0.1) is 0 Å². The quantitative estimate of drug-likeness (QED) is 0.642. The third-order valence-electron chi connectivity index (χ3n) is 2.59. The molecule has 2 heterocycles. The minimum Gasteiger partial charge on any atom is -0.330 e. The molecule has 3 aromatic rings. The third-order valence-corrected chi connectivity index (χ3v) is 2.59. The third kappa shape index (κ3) is 1.75. The number of benzene rings is 1. The second-order valence-electron chi connectivity index (χ2n) is 3.89. The molecule has 1 aromatic carbocycles. The maximum atomic E-state index is 11.1. The zero-order valence-corrected chi connectivity index (χ0v) is 9.62. The highest BCUT2D eigenvalue weighted by molar-refractivity contribution is 5.90. The molecule has 0 N–H and O–H groups in total. The summed E-state index contributed by atoms with van der Waals surface area (Å²) in [5, 5.41) is 4.78. The minimum atomic E-state index is -0.240. The van der Waals surface area contributed by atoms with Crippen molar-refractivity contribution in [2.24, 2.45) is 0 Å². The topological polar surface area (TPSA) is 68.9 Å². The average Bonchev–Trinajstić information content (AvgIpc) is 2.88. The van der Waals surface area contributed by atoms with Crippen molar-refractivity contribution in [3.05, 3.63) is 42.4 Å². The van der Waals surface area contributed by atoms with Crippen LogP contribution in [0.4, 0.5) is 0 Å². The monoisotopic (exact) mass is 239 g/mol. The number of pyridine rings is 1. The second kappa shape index (κ2) is 4.03. The lowest BCUT2D eigenvalue weighted by Gasteiger charge is -1.98. The Balaban J connectivity index is 2.10. The summed E-state index contributed by atoms with van der Waals surface area (Å²) in [4.78, 5) is 19.4. The predicted molar refractivity (Wildman–Crippen MR) is 65.0 cm³/mol. The van der Waals surface area contributed by atoms with E-state index in [0.717, 1.165) is 16.5 Å². The van der Waals surface area contributed by atoms with Crippen molar-refractivity contribution >= 4 is 16.7 Å². The Hall–Kier alpha value is -2.56. The Morgan fingerprint density at radius 3 is 2.94 bits per heavy atom. The van der Waals surface area contributed by atoms with Gasteiger partial charge in [0.05, 0.1) is 5.52 Å². The molecule has 18 heavy (non-hydrogen) atoms. The van der Waals surface area contributed by atoms with Crippen LogP contribution in [0.25, 0.3) is 22.3 Å². The molecule has 88 valence electrons. The van der Waals surface area contributed by atoms with Crippen LogP contribution in [0, 0.1) is 0 Å². The molecule has 3 rings (SSSR count). The molecule has 5 heteroatoms. The van der Waals surface area contributed by atoms with E-state index in [4.69, 9.17) is 4.52 Å². The number of Topliss-reactive ketones (excluding diaryl/α,β-unsaturated/α-hetero) is 1. The highest BCUT2D eigenvalue weighted by atomic mass is 16.5. The minimum absolute atomic E-state index is 0.0243.